The van der Waals surface area contributed by atoms with E-state index in [4.69, 9.17) is 9.90 Å². The molecule has 0 saturated carbocycles. The van der Waals surface area contributed by atoms with Crippen LogP contribution in [0.5, 0.6) is 0 Å². The van der Waals surface area contributed by atoms with Crippen LogP contribution >= 0.6 is 0 Å². The Morgan fingerprint density at radius 1 is 1.31 bits per heavy atom. The SMILES string of the molecule is CCOC(=O)ON(C)C.O=C(O)C(F)(F)F. The number of aliphatic carboxylic acids is 1. The second-order valence-corrected chi connectivity index (χ2v) is 2.39. The van der Waals surface area contributed by atoms with E-state index in [1.807, 2.05) is 0 Å². The molecule has 6 nitrogen and oxygen atoms in total. The normalized spacial score (nSPS) is 10.2. The fourth-order valence-corrected chi connectivity index (χ4v) is 0.293. The molecule has 0 fully saturated rings. The van der Waals surface area contributed by atoms with Crippen LogP contribution in [0.2, 0.25) is 0 Å². The molecule has 0 unspecified atom stereocenters. The summed E-state index contributed by atoms with van der Waals surface area (Å²) in [6, 6.07) is 0. The van der Waals surface area contributed by atoms with E-state index in [1.165, 1.54) is 5.06 Å². The first kappa shape index (κ1) is 16.9. The fraction of sp³-hybridized carbons (Fsp3) is 0.714. The standard InChI is InChI=1S/C5H11NO3.C2HF3O2/c1-4-8-5(7)9-6(2)3;3-2(4,5)1(6)7/h4H2,1-3H3;(H,6,7). The Morgan fingerprint density at radius 3 is 1.88 bits per heavy atom. The summed E-state index contributed by atoms with van der Waals surface area (Å²) in [5, 5.41) is 8.40. The number of carbonyl (C=O) groups is 2. The van der Waals surface area contributed by atoms with Crippen molar-refractivity contribution in [2.45, 2.75) is 13.1 Å². The van der Waals surface area contributed by atoms with Gasteiger partial charge in [0, 0.05) is 14.1 Å². The van der Waals surface area contributed by atoms with Crippen molar-refractivity contribution in [3.8, 4) is 0 Å². The van der Waals surface area contributed by atoms with Crippen LogP contribution in [0.15, 0.2) is 0 Å². The first-order valence-electron chi connectivity index (χ1n) is 3.93. The molecule has 0 aliphatic heterocycles. The molecule has 9 heteroatoms. The average molecular weight is 247 g/mol. The summed E-state index contributed by atoms with van der Waals surface area (Å²) in [7, 11) is 3.22. The molecule has 0 amide bonds. The van der Waals surface area contributed by atoms with Crippen LogP contribution in [0.1, 0.15) is 6.92 Å². The quantitative estimate of drug-likeness (QED) is 0.585. The minimum absolute atomic E-state index is 0.340. The number of hydroxylamine groups is 2. The molecule has 0 aliphatic carbocycles. The van der Waals surface area contributed by atoms with Gasteiger partial charge in [-0.2, -0.15) is 13.2 Å². The number of carboxylic acids is 1. The van der Waals surface area contributed by atoms with Gasteiger partial charge in [-0.1, -0.05) is 0 Å². The molecule has 0 aromatic heterocycles. The summed E-state index contributed by atoms with van der Waals surface area (Å²) in [5.41, 5.74) is 0. The van der Waals surface area contributed by atoms with E-state index in [0.29, 0.717) is 6.61 Å². The van der Waals surface area contributed by atoms with Crippen molar-refractivity contribution in [3.05, 3.63) is 0 Å². The van der Waals surface area contributed by atoms with Gasteiger partial charge in [-0.05, 0) is 6.92 Å². The number of nitrogens with zero attached hydrogens (tertiary/aromatic N) is 1. The van der Waals surface area contributed by atoms with E-state index in [-0.39, 0.29) is 0 Å². The number of carbonyl (C=O) groups excluding carboxylic acids is 1. The van der Waals surface area contributed by atoms with Crippen LogP contribution in [-0.2, 0) is 14.4 Å². The van der Waals surface area contributed by atoms with Crippen molar-refractivity contribution >= 4 is 12.1 Å². The van der Waals surface area contributed by atoms with Crippen LogP contribution in [0.4, 0.5) is 18.0 Å². The Kier molecular flexibility index (Phi) is 8.18. The topological polar surface area (TPSA) is 76.1 Å². The third-order valence-corrected chi connectivity index (χ3v) is 0.762. The Morgan fingerprint density at radius 2 is 1.69 bits per heavy atom. The molecule has 0 spiro atoms. The van der Waals surface area contributed by atoms with E-state index in [2.05, 4.69) is 9.57 Å². The number of hydrogen-bond acceptors (Lipinski definition) is 5. The van der Waals surface area contributed by atoms with Crippen LogP contribution in [-0.4, -0.2) is 49.2 Å². The summed E-state index contributed by atoms with van der Waals surface area (Å²) >= 11 is 0. The Bertz CT molecular complexity index is 229. The number of carboxylic acid groups (broad SMARTS) is 1. The van der Waals surface area contributed by atoms with Crippen LogP contribution in [0, 0.1) is 0 Å². The van der Waals surface area contributed by atoms with Crippen LogP contribution in [0.3, 0.4) is 0 Å². The van der Waals surface area contributed by atoms with Gasteiger partial charge in [0.05, 0.1) is 6.61 Å². The summed E-state index contributed by atoms with van der Waals surface area (Å²) in [5.74, 6) is -2.76. The van der Waals surface area contributed by atoms with Crippen molar-refractivity contribution in [3.63, 3.8) is 0 Å². The molecule has 0 aliphatic rings. The van der Waals surface area contributed by atoms with Gasteiger partial charge >= 0.3 is 18.3 Å². The molecule has 0 aromatic carbocycles. The van der Waals surface area contributed by atoms with E-state index >= 15 is 0 Å². The second kappa shape index (κ2) is 7.74. The zero-order valence-electron chi connectivity index (χ0n) is 8.87. The predicted octanol–water partition coefficient (Wildman–Crippen LogP) is 1.27. The summed E-state index contributed by atoms with van der Waals surface area (Å²) in [4.78, 5) is 23.7. The first-order chi connectivity index (χ1) is 7.11. The van der Waals surface area contributed by atoms with E-state index in [1.54, 1.807) is 21.0 Å². The monoisotopic (exact) mass is 247 g/mol. The number of ether oxygens (including phenoxy) is 1. The molecule has 16 heavy (non-hydrogen) atoms. The highest BCUT2D eigenvalue weighted by Gasteiger charge is 2.38. The van der Waals surface area contributed by atoms with Gasteiger partial charge in [-0.15, -0.1) is 5.06 Å². The van der Waals surface area contributed by atoms with Gasteiger partial charge in [-0.25, -0.2) is 9.59 Å². The van der Waals surface area contributed by atoms with E-state index < -0.39 is 18.3 Å². The van der Waals surface area contributed by atoms with Crippen LogP contribution in [0.25, 0.3) is 0 Å². The molecule has 0 rings (SSSR count). The van der Waals surface area contributed by atoms with Crippen molar-refractivity contribution < 1.29 is 37.4 Å². The minimum atomic E-state index is -5.08. The first-order valence-corrected chi connectivity index (χ1v) is 3.93. The summed E-state index contributed by atoms with van der Waals surface area (Å²) in [6.45, 7) is 2.06. The molecule has 0 heterocycles. The molecule has 0 saturated heterocycles. The van der Waals surface area contributed by atoms with Gasteiger partial charge in [0.15, 0.2) is 0 Å². The molecule has 0 bridgehead atoms. The number of halogens is 3. The highest BCUT2D eigenvalue weighted by molar-refractivity contribution is 5.73. The Labute approximate surface area is 89.5 Å². The number of rotatable bonds is 2. The molecule has 96 valence electrons. The lowest BCUT2D eigenvalue weighted by Crippen LogP contribution is -2.21. The highest BCUT2D eigenvalue weighted by atomic mass is 19.4. The third kappa shape index (κ3) is 12.5. The van der Waals surface area contributed by atoms with Crippen molar-refractivity contribution in [1.29, 1.82) is 0 Å². The smallest absolute Gasteiger partial charge is 0.475 e. The largest absolute Gasteiger partial charge is 0.527 e. The van der Waals surface area contributed by atoms with E-state index in [9.17, 15) is 18.0 Å². The highest BCUT2D eigenvalue weighted by Crippen LogP contribution is 2.13. The fourth-order valence-electron chi connectivity index (χ4n) is 0.293. The van der Waals surface area contributed by atoms with E-state index in [0.717, 1.165) is 0 Å². The molecular formula is C7H12F3NO5. The Hall–Kier alpha value is -1.51. The molecule has 0 aromatic rings. The minimum Gasteiger partial charge on any atom is -0.475 e. The molecule has 1 N–H and O–H groups in total. The van der Waals surface area contributed by atoms with Crippen molar-refractivity contribution in [2.75, 3.05) is 20.7 Å². The maximum Gasteiger partial charge on any atom is 0.527 e. The molecule has 0 radical (unpaired) electrons. The number of alkyl halides is 3. The van der Waals surface area contributed by atoms with Crippen LogP contribution < -0.4 is 0 Å². The maximum atomic E-state index is 10.6. The summed E-state index contributed by atoms with van der Waals surface area (Å²) < 4.78 is 36.2. The zero-order valence-corrected chi connectivity index (χ0v) is 8.87. The molecular weight excluding hydrogens is 235 g/mol. The number of hydrogen-bond donors (Lipinski definition) is 1. The van der Waals surface area contributed by atoms with Gasteiger partial charge in [0.2, 0.25) is 0 Å². The van der Waals surface area contributed by atoms with Crippen molar-refractivity contribution in [2.24, 2.45) is 0 Å². The van der Waals surface area contributed by atoms with Gasteiger partial charge < -0.3 is 14.7 Å². The lowest BCUT2D eigenvalue weighted by molar-refractivity contribution is -0.192. The lowest BCUT2D eigenvalue weighted by atomic mass is 10.7. The summed E-state index contributed by atoms with van der Waals surface area (Å²) in [6.07, 6.45) is -5.75. The average Bonchev–Trinajstić information content (AvgIpc) is 2.01. The lowest BCUT2D eigenvalue weighted by Gasteiger charge is -2.08. The predicted molar refractivity (Wildman–Crippen MR) is 45.5 cm³/mol. The van der Waals surface area contributed by atoms with Gasteiger partial charge in [-0.3, -0.25) is 0 Å². The third-order valence-electron chi connectivity index (χ3n) is 0.762. The Balaban J connectivity index is 0. The molecule has 0 atom stereocenters. The maximum absolute atomic E-state index is 10.6. The zero-order chi connectivity index (χ0) is 13.4. The van der Waals surface area contributed by atoms with Gasteiger partial charge in [0.1, 0.15) is 0 Å². The van der Waals surface area contributed by atoms with Gasteiger partial charge in [0.25, 0.3) is 0 Å². The van der Waals surface area contributed by atoms with Crippen molar-refractivity contribution in [1.82, 2.24) is 5.06 Å². The second-order valence-electron chi connectivity index (χ2n) is 2.39.